The summed E-state index contributed by atoms with van der Waals surface area (Å²) in [6.07, 6.45) is 2.57. The van der Waals surface area contributed by atoms with Crippen LogP contribution >= 0.6 is 11.3 Å². The van der Waals surface area contributed by atoms with Gasteiger partial charge in [-0.1, -0.05) is 12.1 Å². The van der Waals surface area contributed by atoms with Gasteiger partial charge in [-0.3, -0.25) is 4.79 Å². The van der Waals surface area contributed by atoms with Crippen LogP contribution in [0.4, 0.5) is 5.69 Å². The van der Waals surface area contributed by atoms with Crippen molar-refractivity contribution >= 4 is 22.9 Å². The molecule has 0 saturated carbocycles. The summed E-state index contributed by atoms with van der Waals surface area (Å²) in [6.45, 7) is 1.92. The Kier molecular flexibility index (Phi) is 4.52. The maximum Gasteiger partial charge on any atom is 0.234 e. The van der Waals surface area contributed by atoms with Crippen molar-refractivity contribution in [2.24, 2.45) is 5.41 Å². The number of anilines is 1. The number of nitrogens with one attached hydrogen (secondary N) is 2. The highest BCUT2D eigenvalue weighted by molar-refractivity contribution is 7.13. The fourth-order valence-electron chi connectivity index (χ4n) is 2.76. The van der Waals surface area contributed by atoms with Gasteiger partial charge >= 0.3 is 0 Å². The molecule has 1 aliphatic heterocycles. The number of hydrogen-bond acceptors (Lipinski definition) is 5. The highest BCUT2D eigenvalue weighted by atomic mass is 32.1. The summed E-state index contributed by atoms with van der Waals surface area (Å²) in [6, 6.07) is 7.79. The third kappa shape index (κ3) is 3.04. The highest BCUT2D eigenvalue weighted by Gasteiger charge is 2.41. The molecule has 1 aliphatic rings. The van der Waals surface area contributed by atoms with Crippen molar-refractivity contribution in [2.75, 3.05) is 32.1 Å². The molecule has 22 heavy (non-hydrogen) atoms. The molecular formula is C16H19N3O2S. The van der Waals surface area contributed by atoms with Crippen LogP contribution in [-0.4, -0.2) is 37.7 Å². The van der Waals surface area contributed by atoms with Gasteiger partial charge < -0.3 is 15.4 Å². The lowest BCUT2D eigenvalue weighted by Crippen LogP contribution is -2.41. The Balaban J connectivity index is 1.78. The third-order valence-electron chi connectivity index (χ3n) is 3.95. The van der Waals surface area contributed by atoms with Gasteiger partial charge in [-0.25, -0.2) is 4.98 Å². The smallest absolute Gasteiger partial charge is 0.234 e. The van der Waals surface area contributed by atoms with Crippen LogP contribution in [0.15, 0.2) is 35.8 Å². The zero-order chi connectivity index (χ0) is 15.4. The SMILES string of the molecule is COCC1(C(=O)Nc2cccc(-c3nccs3)c2)CCNC1. The second kappa shape index (κ2) is 6.56. The number of amides is 1. The molecule has 6 heteroatoms. The molecule has 1 atom stereocenters. The molecule has 1 aromatic carbocycles. The van der Waals surface area contributed by atoms with Crippen LogP contribution in [0, 0.1) is 5.41 Å². The van der Waals surface area contributed by atoms with Crippen molar-refractivity contribution in [1.82, 2.24) is 10.3 Å². The predicted octanol–water partition coefficient (Wildman–Crippen LogP) is 2.37. The van der Waals surface area contributed by atoms with Crippen LogP contribution in [0.25, 0.3) is 10.6 Å². The van der Waals surface area contributed by atoms with Crippen LogP contribution in [-0.2, 0) is 9.53 Å². The number of thiazole rings is 1. The molecule has 0 aliphatic carbocycles. The molecule has 5 nitrogen and oxygen atoms in total. The van der Waals surface area contributed by atoms with Gasteiger partial charge in [-0.2, -0.15) is 0 Å². The van der Waals surface area contributed by atoms with Gasteiger partial charge in [0.1, 0.15) is 5.01 Å². The number of methoxy groups -OCH3 is 1. The van der Waals surface area contributed by atoms with Crippen molar-refractivity contribution in [1.29, 1.82) is 0 Å². The molecule has 1 aromatic heterocycles. The number of hydrogen-bond donors (Lipinski definition) is 2. The molecule has 1 amide bonds. The van der Waals surface area contributed by atoms with E-state index in [9.17, 15) is 4.79 Å². The summed E-state index contributed by atoms with van der Waals surface area (Å²) >= 11 is 1.58. The fourth-order valence-corrected chi connectivity index (χ4v) is 3.40. The average Bonchev–Trinajstić information content (AvgIpc) is 3.20. The molecular weight excluding hydrogens is 298 g/mol. The van der Waals surface area contributed by atoms with Gasteiger partial charge in [-0.05, 0) is 25.1 Å². The van der Waals surface area contributed by atoms with Crippen LogP contribution in [0.1, 0.15) is 6.42 Å². The summed E-state index contributed by atoms with van der Waals surface area (Å²) in [4.78, 5) is 17.0. The van der Waals surface area contributed by atoms with E-state index in [4.69, 9.17) is 4.74 Å². The van der Waals surface area contributed by atoms with E-state index in [0.29, 0.717) is 13.2 Å². The van der Waals surface area contributed by atoms with Crippen molar-refractivity contribution in [3.8, 4) is 10.6 Å². The normalized spacial score (nSPS) is 21.0. The molecule has 2 aromatic rings. The first-order valence-electron chi connectivity index (χ1n) is 7.25. The topological polar surface area (TPSA) is 63.2 Å². The second-order valence-electron chi connectivity index (χ2n) is 5.51. The molecule has 3 rings (SSSR count). The van der Waals surface area contributed by atoms with Crippen LogP contribution in [0.3, 0.4) is 0 Å². The first-order valence-corrected chi connectivity index (χ1v) is 8.12. The van der Waals surface area contributed by atoms with Crippen molar-refractivity contribution in [2.45, 2.75) is 6.42 Å². The Morgan fingerprint density at radius 2 is 2.45 bits per heavy atom. The Morgan fingerprint density at radius 1 is 1.55 bits per heavy atom. The molecule has 2 heterocycles. The van der Waals surface area contributed by atoms with Gasteiger partial charge in [0.25, 0.3) is 0 Å². The van der Waals surface area contributed by atoms with E-state index >= 15 is 0 Å². The van der Waals surface area contributed by atoms with Gasteiger partial charge in [0.05, 0.1) is 12.0 Å². The zero-order valence-corrected chi connectivity index (χ0v) is 13.3. The Labute approximate surface area is 133 Å². The van der Waals surface area contributed by atoms with E-state index in [1.165, 1.54) is 0 Å². The number of ether oxygens (including phenoxy) is 1. The largest absolute Gasteiger partial charge is 0.384 e. The highest BCUT2D eigenvalue weighted by Crippen LogP contribution is 2.29. The Bertz CT molecular complexity index is 637. The number of carbonyl (C=O) groups is 1. The molecule has 2 N–H and O–H groups in total. The van der Waals surface area contributed by atoms with Gasteiger partial charge in [0, 0.05) is 36.5 Å². The summed E-state index contributed by atoms with van der Waals surface area (Å²) in [5, 5.41) is 9.17. The van der Waals surface area contributed by atoms with E-state index in [2.05, 4.69) is 15.6 Å². The molecule has 116 valence electrons. The minimum Gasteiger partial charge on any atom is -0.384 e. The lowest BCUT2D eigenvalue weighted by Gasteiger charge is -2.26. The number of aromatic nitrogens is 1. The van der Waals surface area contributed by atoms with E-state index < -0.39 is 5.41 Å². The van der Waals surface area contributed by atoms with Crippen LogP contribution in [0.5, 0.6) is 0 Å². The van der Waals surface area contributed by atoms with E-state index in [0.717, 1.165) is 29.2 Å². The number of benzene rings is 1. The minimum atomic E-state index is -0.480. The van der Waals surface area contributed by atoms with Crippen LogP contribution < -0.4 is 10.6 Å². The second-order valence-corrected chi connectivity index (χ2v) is 6.41. The lowest BCUT2D eigenvalue weighted by atomic mass is 9.87. The summed E-state index contributed by atoms with van der Waals surface area (Å²) in [7, 11) is 1.64. The van der Waals surface area contributed by atoms with Crippen molar-refractivity contribution in [3.05, 3.63) is 35.8 Å². The third-order valence-corrected chi connectivity index (χ3v) is 4.77. The summed E-state index contributed by atoms with van der Waals surface area (Å²) in [5.74, 6) is 0.00985. The first kappa shape index (κ1) is 15.1. The van der Waals surface area contributed by atoms with Crippen LogP contribution in [0.2, 0.25) is 0 Å². The van der Waals surface area contributed by atoms with Crippen molar-refractivity contribution in [3.63, 3.8) is 0 Å². The van der Waals surface area contributed by atoms with E-state index in [1.807, 2.05) is 29.6 Å². The Hall–Kier alpha value is -1.76. The summed E-state index contributed by atoms with van der Waals surface area (Å²) < 4.78 is 5.26. The monoisotopic (exact) mass is 317 g/mol. The van der Waals surface area contributed by atoms with Gasteiger partial charge in [-0.15, -0.1) is 11.3 Å². The number of rotatable bonds is 5. The van der Waals surface area contributed by atoms with Gasteiger partial charge in [0.2, 0.25) is 5.91 Å². The molecule has 1 saturated heterocycles. The van der Waals surface area contributed by atoms with Gasteiger partial charge in [0.15, 0.2) is 0 Å². The molecule has 0 radical (unpaired) electrons. The fraction of sp³-hybridized carbons (Fsp3) is 0.375. The van der Waals surface area contributed by atoms with E-state index in [-0.39, 0.29) is 5.91 Å². The molecule has 0 spiro atoms. The quantitative estimate of drug-likeness (QED) is 0.889. The standard InChI is InChI=1S/C16H19N3O2S/c1-21-11-16(5-6-17-10-16)15(20)19-13-4-2-3-12(9-13)14-18-7-8-22-14/h2-4,7-9,17H,5-6,10-11H2,1H3,(H,19,20). The maximum atomic E-state index is 12.7. The Morgan fingerprint density at radius 3 is 3.14 bits per heavy atom. The van der Waals surface area contributed by atoms with Crippen molar-refractivity contribution < 1.29 is 9.53 Å². The lowest BCUT2D eigenvalue weighted by molar-refractivity contribution is -0.127. The van der Waals surface area contributed by atoms with E-state index in [1.54, 1.807) is 24.6 Å². The average molecular weight is 317 g/mol. The zero-order valence-electron chi connectivity index (χ0n) is 12.5. The molecule has 1 unspecified atom stereocenters. The maximum absolute atomic E-state index is 12.7. The first-order chi connectivity index (χ1) is 10.7. The molecule has 0 bridgehead atoms. The minimum absolute atomic E-state index is 0.00985. The molecule has 1 fully saturated rings. The number of carbonyl (C=O) groups excluding carboxylic acids is 1. The number of nitrogens with zero attached hydrogens (tertiary/aromatic N) is 1. The predicted molar refractivity (Wildman–Crippen MR) is 88.0 cm³/mol. The summed E-state index contributed by atoms with van der Waals surface area (Å²) in [5.41, 5.74) is 1.32.